The maximum Gasteiger partial charge on any atom is 0.103 e. The minimum absolute atomic E-state index is 0.134. The zero-order chi connectivity index (χ0) is 23.3. The second kappa shape index (κ2) is 7.74. The van der Waals surface area contributed by atoms with Gasteiger partial charge in [0, 0.05) is 44.4 Å². The minimum atomic E-state index is -1.88. The van der Waals surface area contributed by atoms with Crippen molar-refractivity contribution in [2.45, 2.75) is 6.17 Å². The molecule has 0 saturated heterocycles. The number of hydrogen-bond donors (Lipinski definition) is 2. The van der Waals surface area contributed by atoms with Crippen LogP contribution in [0.15, 0.2) is 54.6 Å². The minimum Gasteiger partial charge on any atom is -0.370 e. The van der Waals surface area contributed by atoms with Crippen molar-refractivity contribution in [1.29, 1.82) is 0 Å². The Bertz CT molecular complexity index is 1180. The van der Waals surface area contributed by atoms with Crippen molar-refractivity contribution >= 4 is 26.1 Å². The van der Waals surface area contributed by atoms with Crippen LogP contribution in [0.2, 0.25) is 0 Å². The number of hydrogen-bond acceptors (Lipinski definition) is 4. The van der Waals surface area contributed by atoms with Crippen molar-refractivity contribution in [3.63, 3.8) is 0 Å². The fourth-order valence-electron chi connectivity index (χ4n) is 4.16. The van der Waals surface area contributed by atoms with Gasteiger partial charge in [0.05, 0.1) is 11.4 Å². The van der Waals surface area contributed by atoms with Gasteiger partial charge in [0.25, 0.3) is 0 Å². The molecule has 4 nitrogen and oxygen atoms in total. The predicted octanol–water partition coefficient (Wildman–Crippen LogP) is 4.21. The van der Waals surface area contributed by atoms with E-state index < -0.39 is 9.16 Å². The van der Waals surface area contributed by atoms with Crippen LogP contribution in [-0.2, 0) is 0 Å². The molecule has 2 aliphatic heterocycles. The van der Waals surface area contributed by atoms with Gasteiger partial charge in [0.1, 0.15) is 6.17 Å². The molecule has 4 rings (SSSR count). The van der Waals surface area contributed by atoms with E-state index in [0.717, 1.165) is 23.4 Å². The van der Waals surface area contributed by atoms with Gasteiger partial charge in [0.2, 0.25) is 0 Å². The summed E-state index contributed by atoms with van der Waals surface area (Å²) in [5.74, 6) is 3.44. The lowest BCUT2D eigenvalue weighted by Crippen LogP contribution is -2.36. The molecule has 2 aliphatic rings. The quantitative estimate of drug-likeness (QED) is 0.533. The number of rotatable bonds is 2. The van der Waals surface area contributed by atoms with E-state index in [9.17, 15) is 0 Å². The largest absolute Gasteiger partial charge is 0.370 e. The Morgan fingerprint density at radius 3 is 2.44 bits per heavy atom. The Morgan fingerprint density at radius 1 is 0.969 bits per heavy atom. The van der Waals surface area contributed by atoms with E-state index in [1.807, 2.05) is 7.05 Å². The van der Waals surface area contributed by atoms with E-state index in [-0.39, 0.29) is 6.17 Å². The summed E-state index contributed by atoms with van der Waals surface area (Å²) in [6.07, 6.45) is 13.5. The molecular weight excluding hydrogens is 412 g/mol. The van der Waals surface area contributed by atoms with Crippen molar-refractivity contribution in [2.75, 3.05) is 57.7 Å². The molecule has 170 valence electrons. The fourth-order valence-corrected chi connectivity index (χ4v) is 4.73. The monoisotopic (exact) mass is 448 g/mol. The maximum absolute atomic E-state index is 6.48. The van der Waals surface area contributed by atoms with Gasteiger partial charge in [-0.2, -0.15) is 0 Å². The van der Waals surface area contributed by atoms with Gasteiger partial charge < -0.3 is 15.6 Å². The molecule has 0 saturated carbocycles. The first-order valence-electron chi connectivity index (χ1n) is 11.0. The smallest absolute Gasteiger partial charge is 0.103 e. The van der Waals surface area contributed by atoms with Gasteiger partial charge >= 0.3 is 0 Å². The Labute approximate surface area is 193 Å². The van der Waals surface area contributed by atoms with Gasteiger partial charge in [-0.3, -0.25) is 0 Å². The van der Waals surface area contributed by atoms with E-state index >= 15 is 0 Å². The molecule has 1 atom stereocenters. The van der Waals surface area contributed by atoms with E-state index in [0.29, 0.717) is 0 Å². The molecule has 0 aliphatic carbocycles. The summed E-state index contributed by atoms with van der Waals surface area (Å²) in [4.78, 5) is 2.31. The number of nitrogens with two attached hydrogens (primary N) is 1. The Kier molecular flexibility index (Phi) is 5.45. The first-order valence-corrected chi connectivity index (χ1v) is 15.1. The fraction of sp³-hybridized carbons (Fsp3) is 0.333. The van der Waals surface area contributed by atoms with Crippen LogP contribution in [0.4, 0.5) is 5.69 Å². The van der Waals surface area contributed by atoms with E-state index in [1.165, 1.54) is 22.4 Å². The van der Waals surface area contributed by atoms with Crippen LogP contribution in [0.3, 0.4) is 0 Å². The molecular formula is C27H36N4S. The van der Waals surface area contributed by atoms with Crippen LogP contribution in [0, 0.1) is 11.2 Å². The third kappa shape index (κ3) is 4.45. The summed E-state index contributed by atoms with van der Waals surface area (Å²) >= 11 is 0. The van der Waals surface area contributed by atoms with E-state index in [1.54, 1.807) is 0 Å². The van der Waals surface area contributed by atoms with Gasteiger partial charge in [-0.15, -0.1) is 0 Å². The lowest BCUT2D eigenvalue weighted by atomic mass is 9.93. The van der Waals surface area contributed by atoms with Crippen LogP contribution in [0.25, 0.3) is 11.3 Å². The molecule has 0 aromatic heterocycles. The molecule has 0 bridgehead atoms. The van der Waals surface area contributed by atoms with Crippen molar-refractivity contribution in [3.8, 4) is 11.2 Å². The van der Waals surface area contributed by atoms with Crippen molar-refractivity contribution in [2.24, 2.45) is 5.73 Å². The summed E-state index contributed by atoms with van der Waals surface area (Å²) in [6, 6.07) is 15.3. The SMILES string of the molecule is CN1CC=CC(c2ccc3c(c2)C(N)N(C)N3C)=C1c1cccc(C#C[SH](C)(C)(C)C)c1. The molecule has 0 spiro atoms. The Hall–Kier alpha value is -2.65. The molecule has 2 aromatic carbocycles. The molecule has 32 heavy (non-hydrogen) atoms. The van der Waals surface area contributed by atoms with Crippen LogP contribution in [0.1, 0.15) is 28.4 Å². The second-order valence-electron chi connectivity index (χ2n) is 10.8. The number of hydrazine groups is 1. The first kappa shape index (κ1) is 22.5. The third-order valence-corrected chi connectivity index (χ3v) is 6.97. The second-order valence-corrected chi connectivity index (χ2v) is 18.1. The standard InChI is InChI=1S/C27H36N4S/c1-29-16-9-12-23(21-13-14-25-24(19-21)27(28)31(3)30(25)2)26(29)22-11-8-10-20(18-22)15-17-32(4,5,6)7/h8-14,18-19,27,32H,16,28H2,1-7H3. The topological polar surface area (TPSA) is 35.7 Å². The molecule has 5 heteroatoms. The average molecular weight is 449 g/mol. The highest BCUT2D eigenvalue weighted by atomic mass is 32.3. The molecule has 0 radical (unpaired) electrons. The Balaban J connectivity index is 1.82. The summed E-state index contributed by atoms with van der Waals surface area (Å²) < 4.78 is 0. The molecule has 2 aromatic rings. The summed E-state index contributed by atoms with van der Waals surface area (Å²) in [6.45, 7) is 0.884. The van der Waals surface area contributed by atoms with Gasteiger partial charge in [-0.05, 0) is 60.4 Å². The van der Waals surface area contributed by atoms with Crippen molar-refractivity contribution in [3.05, 3.63) is 76.9 Å². The number of fused-ring (bicyclic) bond motifs is 1. The molecule has 1 unspecified atom stereocenters. The maximum atomic E-state index is 6.48. The number of benzene rings is 2. The zero-order valence-corrected chi connectivity index (χ0v) is 21.2. The van der Waals surface area contributed by atoms with Gasteiger partial charge in [-0.25, -0.2) is 14.2 Å². The first-order chi connectivity index (χ1) is 14.9. The number of likely N-dealkylation sites (N-methyl/N-ethyl adjacent to an activating group) is 1. The normalized spacial score (nSPS) is 20.0. The molecule has 0 fully saturated rings. The van der Waals surface area contributed by atoms with Crippen LogP contribution in [0.5, 0.6) is 0 Å². The predicted molar refractivity (Wildman–Crippen MR) is 144 cm³/mol. The highest BCUT2D eigenvalue weighted by molar-refractivity contribution is 8.51. The zero-order valence-electron chi connectivity index (χ0n) is 20.3. The molecule has 0 amide bonds. The van der Waals surface area contributed by atoms with Gasteiger partial charge in [-0.1, -0.05) is 41.5 Å². The summed E-state index contributed by atoms with van der Waals surface area (Å²) in [5, 5.41) is 7.73. The van der Waals surface area contributed by atoms with Crippen LogP contribution >= 0.6 is 9.16 Å². The van der Waals surface area contributed by atoms with Crippen molar-refractivity contribution in [1.82, 2.24) is 9.91 Å². The van der Waals surface area contributed by atoms with E-state index in [4.69, 9.17) is 5.73 Å². The summed E-state index contributed by atoms with van der Waals surface area (Å²) in [5.41, 5.74) is 14.7. The molecule has 2 heterocycles. The lowest BCUT2D eigenvalue weighted by Gasteiger charge is -2.40. The van der Waals surface area contributed by atoms with Crippen LogP contribution in [-0.4, -0.2) is 62.6 Å². The highest BCUT2D eigenvalue weighted by Crippen LogP contribution is 2.54. The lowest BCUT2D eigenvalue weighted by molar-refractivity contribution is 0.269. The molecule has 2 N–H and O–H groups in total. The number of nitrogens with zero attached hydrogens (tertiary/aromatic N) is 3. The third-order valence-electron chi connectivity index (χ3n) is 5.97. The van der Waals surface area contributed by atoms with Crippen LogP contribution < -0.4 is 10.7 Å². The Morgan fingerprint density at radius 2 is 1.72 bits per heavy atom. The number of allylic oxidation sites excluding steroid dienone is 2. The average Bonchev–Trinajstić information content (AvgIpc) is 2.95. The van der Waals surface area contributed by atoms with Gasteiger partial charge in [0.15, 0.2) is 0 Å². The van der Waals surface area contributed by atoms with E-state index in [2.05, 4.69) is 120 Å². The van der Waals surface area contributed by atoms with Crippen molar-refractivity contribution < 1.29 is 0 Å². The summed E-state index contributed by atoms with van der Waals surface area (Å²) in [7, 11) is 4.35. The number of thiol groups is 1. The number of anilines is 1. The highest BCUT2D eigenvalue weighted by Gasteiger charge is 2.29.